The Morgan fingerprint density at radius 3 is 1.70 bits per heavy atom. The summed E-state index contributed by atoms with van der Waals surface area (Å²) >= 11 is 0. The van der Waals surface area contributed by atoms with E-state index in [4.69, 9.17) is 8.85 Å². The molecule has 0 aromatic rings. The van der Waals surface area contributed by atoms with E-state index in [1.54, 1.807) is 14.2 Å². The van der Waals surface area contributed by atoms with Crippen molar-refractivity contribution in [3.05, 3.63) is 12.3 Å². The SMILES string of the molecule is C=C[Si](OC)(OC)C(C)C. The molecule has 0 saturated carbocycles. The van der Waals surface area contributed by atoms with Gasteiger partial charge in [-0.05, 0) is 5.70 Å². The van der Waals surface area contributed by atoms with Crippen molar-refractivity contribution < 1.29 is 8.85 Å². The standard InChI is InChI=1S/C7H16O2Si/c1-6-10(8-4,9-5)7(2)3/h6-7H,1H2,2-5H3. The van der Waals surface area contributed by atoms with Gasteiger partial charge in [0.2, 0.25) is 0 Å². The van der Waals surface area contributed by atoms with Crippen molar-refractivity contribution in [2.24, 2.45) is 0 Å². The van der Waals surface area contributed by atoms with E-state index >= 15 is 0 Å². The van der Waals surface area contributed by atoms with Crippen molar-refractivity contribution >= 4 is 8.56 Å². The summed E-state index contributed by atoms with van der Waals surface area (Å²) < 4.78 is 10.6. The maximum absolute atomic E-state index is 5.30. The van der Waals surface area contributed by atoms with Crippen molar-refractivity contribution in [2.75, 3.05) is 14.2 Å². The van der Waals surface area contributed by atoms with Crippen LogP contribution in [0.15, 0.2) is 12.3 Å². The lowest BCUT2D eigenvalue weighted by molar-refractivity contribution is 0.247. The molecule has 0 N–H and O–H groups in total. The molecule has 0 aliphatic rings. The molecule has 0 aliphatic carbocycles. The summed E-state index contributed by atoms with van der Waals surface area (Å²) in [5.74, 6) is 0. The summed E-state index contributed by atoms with van der Waals surface area (Å²) in [6.07, 6.45) is 0. The molecule has 0 rings (SSSR count). The summed E-state index contributed by atoms with van der Waals surface area (Å²) in [5.41, 5.74) is 2.23. The molecule has 0 heterocycles. The first-order valence-corrected chi connectivity index (χ1v) is 5.34. The smallest absolute Gasteiger partial charge is 0.366 e. The van der Waals surface area contributed by atoms with Gasteiger partial charge in [-0.25, -0.2) is 0 Å². The average molecular weight is 160 g/mol. The van der Waals surface area contributed by atoms with Crippen LogP contribution in [-0.2, 0) is 8.85 Å². The van der Waals surface area contributed by atoms with Crippen LogP contribution in [0.25, 0.3) is 0 Å². The predicted octanol–water partition coefficient (Wildman–Crippen LogP) is 1.86. The van der Waals surface area contributed by atoms with Gasteiger partial charge in [-0.3, -0.25) is 0 Å². The summed E-state index contributed by atoms with van der Waals surface area (Å²) in [5, 5.41) is 0. The molecule has 60 valence electrons. The van der Waals surface area contributed by atoms with Crippen LogP contribution < -0.4 is 0 Å². The second-order valence-corrected chi connectivity index (χ2v) is 6.31. The van der Waals surface area contributed by atoms with Crippen molar-refractivity contribution in [1.82, 2.24) is 0 Å². The van der Waals surface area contributed by atoms with E-state index in [0.29, 0.717) is 5.54 Å². The summed E-state index contributed by atoms with van der Waals surface area (Å²) in [7, 11) is 1.33. The van der Waals surface area contributed by atoms with Gasteiger partial charge < -0.3 is 8.85 Å². The zero-order valence-electron chi connectivity index (χ0n) is 7.18. The lowest BCUT2D eigenvalue weighted by Crippen LogP contribution is -2.41. The Balaban J connectivity index is 4.30. The number of hydrogen-bond acceptors (Lipinski definition) is 2. The van der Waals surface area contributed by atoms with E-state index in [9.17, 15) is 0 Å². The van der Waals surface area contributed by atoms with Crippen molar-refractivity contribution in [1.29, 1.82) is 0 Å². The summed E-state index contributed by atoms with van der Waals surface area (Å²) in [4.78, 5) is 0. The molecule has 0 fully saturated rings. The predicted molar refractivity (Wildman–Crippen MR) is 45.1 cm³/mol. The lowest BCUT2D eigenvalue weighted by atomic mass is 10.6. The van der Waals surface area contributed by atoms with E-state index in [1.165, 1.54) is 0 Å². The normalized spacial score (nSPS) is 12.1. The van der Waals surface area contributed by atoms with Crippen LogP contribution in [0.4, 0.5) is 0 Å². The van der Waals surface area contributed by atoms with Crippen molar-refractivity contribution in [3.8, 4) is 0 Å². The fourth-order valence-corrected chi connectivity index (χ4v) is 2.87. The highest BCUT2D eigenvalue weighted by Crippen LogP contribution is 2.22. The highest BCUT2D eigenvalue weighted by Gasteiger charge is 2.35. The fraction of sp³-hybridized carbons (Fsp3) is 0.714. The third kappa shape index (κ3) is 1.68. The van der Waals surface area contributed by atoms with Gasteiger partial charge in [0.05, 0.1) is 0 Å². The van der Waals surface area contributed by atoms with Crippen LogP contribution in [0.2, 0.25) is 5.54 Å². The zero-order chi connectivity index (χ0) is 8.20. The van der Waals surface area contributed by atoms with Gasteiger partial charge in [-0.1, -0.05) is 13.8 Å². The van der Waals surface area contributed by atoms with Crippen LogP contribution in [0, 0.1) is 0 Å². The molecule has 0 unspecified atom stereocenters. The van der Waals surface area contributed by atoms with Gasteiger partial charge in [0.1, 0.15) is 0 Å². The number of hydrogen-bond donors (Lipinski definition) is 0. The summed E-state index contributed by atoms with van der Waals surface area (Å²) in [6.45, 7) is 7.88. The molecule has 0 aliphatic heterocycles. The molecule has 0 bridgehead atoms. The van der Waals surface area contributed by atoms with Crippen LogP contribution in [0.1, 0.15) is 13.8 Å². The molecule has 0 aromatic heterocycles. The topological polar surface area (TPSA) is 18.5 Å². The highest BCUT2D eigenvalue weighted by molar-refractivity contribution is 6.73. The quantitative estimate of drug-likeness (QED) is 0.584. The monoisotopic (exact) mass is 160 g/mol. The Morgan fingerprint density at radius 2 is 1.70 bits per heavy atom. The Hall–Kier alpha value is -0.123. The molecule has 0 amide bonds. The summed E-state index contributed by atoms with van der Waals surface area (Å²) in [6, 6.07) is 0. The second kappa shape index (κ2) is 3.90. The lowest BCUT2D eigenvalue weighted by Gasteiger charge is -2.26. The molecular formula is C7H16O2Si. The Labute approximate surface area is 64.1 Å². The van der Waals surface area contributed by atoms with Gasteiger partial charge in [-0.2, -0.15) is 0 Å². The molecule has 0 aromatic carbocycles. The van der Waals surface area contributed by atoms with Crippen LogP contribution in [0.3, 0.4) is 0 Å². The first kappa shape index (κ1) is 9.88. The van der Waals surface area contributed by atoms with E-state index in [-0.39, 0.29) is 0 Å². The van der Waals surface area contributed by atoms with Crippen LogP contribution in [0.5, 0.6) is 0 Å². The third-order valence-electron chi connectivity index (χ3n) is 1.73. The molecule has 0 atom stereocenters. The highest BCUT2D eigenvalue weighted by atomic mass is 28.4. The van der Waals surface area contributed by atoms with E-state index in [1.807, 2.05) is 5.70 Å². The first-order chi connectivity index (χ1) is 4.63. The minimum Gasteiger partial charge on any atom is -0.395 e. The Bertz CT molecular complexity index is 108. The van der Waals surface area contributed by atoms with Crippen LogP contribution in [-0.4, -0.2) is 22.8 Å². The maximum atomic E-state index is 5.30. The van der Waals surface area contributed by atoms with Gasteiger partial charge in [0.25, 0.3) is 0 Å². The van der Waals surface area contributed by atoms with Gasteiger partial charge in [-0.15, -0.1) is 6.58 Å². The van der Waals surface area contributed by atoms with E-state index < -0.39 is 8.56 Å². The first-order valence-electron chi connectivity index (χ1n) is 3.37. The van der Waals surface area contributed by atoms with Gasteiger partial charge in [0, 0.05) is 19.8 Å². The average Bonchev–Trinajstić information content (AvgIpc) is 1.92. The van der Waals surface area contributed by atoms with Crippen molar-refractivity contribution in [2.45, 2.75) is 19.4 Å². The minimum absolute atomic E-state index is 0.417. The molecular weight excluding hydrogens is 144 g/mol. The maximum Gasteiger partial charge on any atom is 0.366 e. The largest absolute Gasteiger partial charge is 0.395 e. The third-order valence-corrected chi connectivity index (χ3v) is 5.18. The number of rotatable bonds is 4. The fourth-order valence-electron chi connectivity index (χ4n) is 0.957. The van der Waals surface area contributed by atoms with E-state index in [2.05, 4.69) is 20.4 Å². The van der Waals surface area contributed by atoms with Gasteiger partial charge in [0.15, 0.2) is 0 Å². The Kier molecular flexibility index (Phi) is 3.86. The molecule has 0 spiro atoms. The van der Waals surface area contributed by atoms with E-state index in [0.717, 1.165) is 0 Å². The minimum atomic E-state index is -2.03. The van der Waals surface area contributed by atoms with Gasteiger partial charge >= 0.3 is 8.56 Å². The van der Waals surface area contributed by atoms with Crippen LogP contribution >= 0.6 is 0 Å². The second-order valence-electron chi connectivity index (χ2n) is 2.49. The zero-order valence-corrected chi connectivity index (χ0v) is 8.18. The van der Waals surface area contributed by atoms with Crippen molar-refractivity contribution in [3.63, 3.8) is 0 Å². The molecule has 0 saturated heterocycles. The molecule has 2 nitrogen and oxygen atoms in total. The molecule has 3 heteroatoms. The molecule has 0 radical (unpaired) electrons. The Morgan fingerprint density at radius 1 is 1.30 bits per heavy atom. The molecule has 10 heavy (non-hydrogen) atoms.